The van der Waals surface area contributed by atoms with Gasteiger partial charge in [0.25, 0.3) is 0 Å². The fraction of sp³-hybridized carbons (Fsp3) is 0.267. The van der Waals surface area contributed by atoms with Gasteiger partial charge in [0.05, 0.1) is 0 Å². The van der Waals surface area contributed by atoms with Crippen LogP contribution in [-0.4, -0.2) is 11.0 Å². The van der Waals surface area contributed by atoms with Gasteiger partial charge in [-0.25, -0.2) is 0 Å². The summed E-state index contributed by atoms with van der Waals surface area (Å²) in [6, 6.07) is 16.7. The van der Waals surface area contributed by atoms with Gasteiger partial charge in [0.1, 0.15) is 0 Å². The minimum atomic E-state index is 0.286. The molecule has 0 bridgehead atoms. The molecule has 0 radical (unpaired) electrons. The van der Waals surface area contributed by atoms with Gasteiger partial charge in [-0.05, 0) is 37.0 Å². The van der Waals surface area contributed by atoms with Crippen molar-refractivity contribution in [3.05, 3.63) is 66.0 Å². The normalized spacial score (nSPS) is 12.3. The van der Waals surface area contributed by atoms with Crippen LogP contribution < -0.4 is 11.3 Å². The van der Waals surface area contributed by atoms with E-state index in [0.717, 1.165) is 25.0 Å². The van der Waals surface area contributed by atoms with Crippen LogP contribution in [0.25, 0.3) is 0 Å². The maximum Gasteiger partial charge on any atom is 0.0404 e. The van der Waals surface area contributed by atoms with Crippen LogP contribution in [0.2, 0.25) is 0 Å². The molecule has 0 aliphatic carbocycles. The maximum absolute atomic E-state index is 5.61. The predicted octanol–water partition coefficient (Wildman–Crippen LogP) is 2.09. The van der Waals surface area contributed by atoms with E-state index in [9.17, 15) is 0 Å². The fourth-order valence-electron chi connectivity index (χ4n) is 2.01. The van der Waals surface area contributed by atoms with Crippen molar-refractivity contribution in [1.29, 1.82) is 0 Å². The Morgan fingerprint density at radius 1 is 1.06 bits per heavy atom. The number of aryl methyl sites for hydroxylation is 1. The Balaban J connectivity index is 1.86. The van der Waals surface area contributed by atoms with E-state index in [2.05, 4.69) is 40.7 Å². The summed E-state index contributed by atoms with van der Waals surface area (Å²) in [6.07, 6.45) is 4.71. The first kappa shape index (κ1) is 12.7. The van der Waals surface area contributed by atoms with Crippen molar-refractivity contribution in [3.63, 3.8) is 0 Å². The van der Waals surface area contributed by atoms with E-state index < -0.39 is 0 Å². The number of hydrazine groups is 1. The molecule has 3 heteroatoms. The first-order valence-corrected chi connectivity index (χ1v) is 6.28. The molecule has 0 aliphatic heterocycles. The number of nitrogens with zero attached hydrogens (tertiary/aromatic N) is 1. The van der Waals surface area contributed by atoms with Crippen LogP contribution in [0.5, 0.6) is 0 Å². The molecule has 0 aliphatic rings. The molecule has 2 aromatic rings. The third kappa shape index (κ3) is 3.95. The van der Waals surface area contributed by atoms with Gasteiger partial charge >= 0.3 is 0 Å². The minimum absolute atomic E-state index is 0.286. The number of aromatic nitrogens is 1. The highest BCUT2D eigenvalue weighted by molar-refractivity contribution is 5.16. The molecule has 1 heterocycles. The number of nitrogens with one attached hydrogen (secondary N) is 1. The lowest BCUT2D eigenvalue weighted by molar-refractivity contribution is 0.489. The lowest BCUT2D eigenvalue weighted by atomic mass is 10.0. The molecule has 3 N–H and O–H groups in total. The number of benzene rings is 1. The number of hydrogen-bond acceptors (Lipinski definition) is 3. The second kappa shape index (κ2) is 6.89. The summed E-state index contributed by atoms with van der Waals surface area (Å²) in [7, 11) is 0. The van der Waals surface area contributed by atoms with Crippen LogP contribution >= 0.6 is 0 Å². The number of pyridine rings is 1. The summed E-state index contributed by atoms with van der Waals surface area (Å²) < 4.78 is 0. The topological polar surface area (TPSA) is 50.9 Å². The molecule has 94 valence electrons. The highest BCUT2D eigenvalue weighted by atomic mass is 15.2. The molecular formula is C15H19N3. The molecule has 0 amide bonds. The highest BCUT2D eigenvalue weighted by Crippen LogP contribution is 2.08. The zero-order valence-electron chi connectivity index (χ0n) is 10.4. The van der Waals surface area contributed by atoms with Gasteiger partial charge in [-0.2, -0.15) is 0 Å². The minimum Gasteiger partial charge on any atom is -0.271 e. The van der Waals surface area contributed by atoms with Crippen LogP contribution in [0.15, 0.2) is 54.7 Å². The van der Waals surface area contributed by atoms with E-state index in [1.165, 1.54) is 5.56 Å². The number of rotatable bonds is 6. The summed E-state index contributed by atoms with van der Waals surface area (Å²) >= 11 is 0. The molecule has 3 nitrogen and oxygen atoms in total. The van der Waals surface area contributed by atoms with E-state index in [1.807, 2.05) is 24.4 Å². The van der Waals surface area contributed by atoms with Gasteiger partial charge in [-0.15, -0.1) is 0 Å². The Hall–Kier alpha value is -1.71. The smallest absolute Gasteiger partial charge is 0.0404 e. The van der Waals surface area contributed by atoms with Crippen LogP contribution in [0.1, 0.15) is 17.7 Å². The van der Waals surface area contributed by atoms with Crippen molar-refractivity contribution in [1.82, 2.24) is 10.4 Å². The third-order valence-corrected chi connectivity index (χ3v) is 3.04. The summed E-state index contributed by atoms with van der Waals surface area (Å²) in [6.45, 7) is 0. The molecule has 1 aromatic heterocycles. The van der Waals surface area contributed by atoms with Crippen molar-refractivity contribution >= 4 is 0 Å². The molecule has 0 spiro atoms. The molecule has 18 heavy (non-hydrogen) atoms. The Morgan fingerprint density at radius 3 is 2.50 bits per heavy atom. The van der Waals surface area contributed by atoms with E-state index >= 15 is 0 Å². The monoisotopic (exact) mass is 241 g/mol. The highest BCUT2D eigenvalue weighted by Gasteiger charge is 2.08. The zero-order valence-corrected chi connectivity index (χ0v) is 10.4. The second-order valence-electron chi connectivity index (χ2n) is 4.41. The predicted molar refractivity (Wildman–Crippen MR) is 73.8 cm³/mol. The molecule has 1 unspecified atom stereocenters. The average Bonchev–Trinajstić information content (AvgIpc) is 2.45. The molecule has 2 rings (SSSR count). The summed E-state index contributed by atoms with van der Waals surface area (Å²) in [5.41, 5.74) is 5.32. The van der Waals surface area contributed by atoms with E-state index in [4.69, 9.17) is 5.84 Å². The average molecular weight is 241 g/mol. The quantitative estimate of drug-likeness (QED) is 0.601. The number of hydrogen-bond donors (Lipinski definition) is 2. The van der Waals surface area contributed by atoms with Gasteiger partial charge in [0, 0.05) is 17.9 Å². The maximum atomic E-state index is 5.61. The van der Waals surface area contributed by atoms with Crippen LogP contribution in [0.4, 0.5) is 0 Å². The second-order valence-corrected chi connectivity index (χ2v) is 4.41. The van der Waals surface area contributed by atoms with Crippen molar-refractivity contribution in [2.45, 2.75) is 25.3 Å². The largest absolute Gasteiger partial charge is 0.271 e. The zero-order chi connectivity index (χ0) is 12.6. The van der Waals surface area contributed by atoms with E-state index in [0.29, 0.717) is 0 Å². The Bertz CT molecular complexity index is 442. The van der Waals surface area contributed by atoms with Gasteiger partial charge in [0.15, 0.2) is 0 Å². The Kier molecular flexibility index (Phi) is 4.88. The number of nitrogens with two attached hydrogens (primary N) is 1. The summed E-state index contributed by atoms with van der Waals surface area (Å²) in [5, 5.41) is 0. The standard InChI is InChI=1S/C15H19N3/c16-18-15(12-13-6-2-1-3-7-13)10-9-14-8-4-5-11-17-14/h1-8,11,15,18H,9-10,12,16H2. The third-order valence-electron chi connectivity index (χ3n) is 3.04. The lowest BCUT2D eigenvalue weighted by Crippen LogP contribution is -2.37. The lowest BCUT2D eigenvalue weighted by Gasteiger charge is -2.15. The van der Waals surface area contributed by atoms with E-state index in [1.54, 1.807) is 0 Å². The van der Waals surface area contributed by atoms with Gasteiger partial charge in [-0.1, -0.05) is 36.4 Å². The van der Waals surface area contributed by atoms with Gasteiger partial charge in [0.2, 0.25) is 0 Å². The first-order valence-electron chi connectivity index (χ1n) is 6.28. The molecule has 0 saturated heterocycles. The van der Waals surface area contributed by atoms with Crippen molar-refractivity contribution in [2.75, 3.05) is 0 Å². The Labute approximate surface area is 108 Å². The van der Waals surface area contributed by atoms with E-state index in [-0.39, 0.29) is 6.04 Å². The summed E-state index contributed by atoms with van der Waals surface area (Å²) in [4.78, 5) is 4.32. The molecule has 1 atom stereocenters. The first-order chi connectivity index (χ1) is 8.88. The molecule has 1 aromatic carbocycles. The van der Waals surface area contributed by atoms with Crippen LogP contribution in [0, 0.1) is 0 Å². The van der Waals surface area contributed by atoms with Crippen LogP contribution in [-0.2, 0) is 12.8 Å². The fourth-order valence-corrected chi connectivity index (χ4v) is 2.01. The van der Waals surface area contributed by atoms with Gasteiger partial charge in [-0.3, -0.25) is 16.3 Å². The van der Waals surface area contributed by atoms with Crippen molar-refractivity contribution in [3.8, 4) is 0 Å². The van der Waals surface area contributed by atoms with Gasteiger partial charge < -0.3 is 0 Å². The summed E-state index contributed by atoms with van der Waals surface area (Å²) in [5.74, 6) is 5.61. The van der Waals surface area contributed by atoms with Crippen molar-refractivity contribution in [2.24, 2.45) is 5.84 Å². The Morgan fingerprint density at radius 2 is 1.83 bits per heavy atom. The van der Waals surface area contributed by atoms with Crippen molar-refractivity contribution < 1.29 is 0 Å². The molecule has 0 fully saturated rings. The SMILES string of the molecule is NNC(CCc1ccccn1)Cc1ccccc1. The molecular weight excluding hydrogens is 222 g/mol. The molecule has 0 saturated carbocycles. The van der Waals surface area contributed by atoms with Crippen LogP contribution in [0.3, 0.4) is 0 Å².